The zero-order chi connectivity index (χ0) is 19.8. The summed E-state index contributed by atoms with van der Waals surface area (Å²) in [5.41, 5.74) is 0. The van der Waals surface area contributed by atoms with Crippen LogP contribution in [0, 0.1) is 11.8 Å². The highest BCUT2D eigenvalue weighted by atomic mass is 16.5. The largest absolute Gasteiger partial charge is 0.381 e. The first-order valence-corrected chi connectivity index (χ1v) is 11.0. The van der Waals surface area contributed by atoms with Crippen molar-refractivity contribution in [1.29, 1.82) is 0 Å². The van der Waals surface area contributed by atoms with E-state index in [1.165, 1.54) is 25.7 Å². The number of likely N-dealkylation sites (tertiary alicyclic amines) is 1. The summed E-state index contributed by atoms with van der Waals surface area (Å²) in [6, 6.07) is 0. The van der Waals surface area contributed by atoms with E-state index in [2.05, 4.69) is 15.2 Å². The molecule has 2 aliphatic heterocycles. The summed E-state index contributed by atoms with van der Waals surface area (Å²) in [6.07, 6.45) is 8.93. The molecule has 3 aliphatic rings. The molecule has 0 bridgehead atoms. The molecule has 0 spiro atoms. The van der Waals surface area contributed by atoms with Crippen LogP contribution in [0.25, 0.3) is 0 Å². The van der Waals surface area contributed by atoms with Gasteiger partial charge in [0.2, 0.25) is 5.91 Å². The maximum absolute atomic E-state index is 12.0. The number of hydrogen-bond donors (Lipinski definition) is 1. The minimum absolute atomic E-state index is 0.0262. The second kappa shape index (κ2) is 11.0. The number of nitrogens with one attached hydrogen (secondary N) is 1. The molecule has 2 heterocycles. The highest BCUT2D eigenvalue weighted by molar-refractivity contribution is 5.84. The van der Waals surface area contributed by atoms with E-state index in [1.54, 1.807) is 19.0 Å². The van der Waals surface area contributed by atoms with E-state index < -0.39 is 0 Å². The van der Waals surface area contributed by atoms with E-state index in [4.69, 9.17) is 9.47 Å². The van der Waals surface area contributed by atoms with Crippen molar-refractivity contribution in [3.63, 3.8) is 0 Å². The molecule has 3 fully saturated rings. The number of carbonyl (C=O) groups excluding carboxylic acids is 1. The van der Waals surface area contributed by atoms with Crippen molar-refractivity contribution in [2.24, 2.45) is 16.8 Å². The third-order valence-corrected chi connectivity index (χ3v) is 6.22. The lowest BCUT2D eigenvalue weighted by Crippen LogP contribution is -2.48. The van der Waals surface area contributed by atoms with E-state index in [0.717, 1.165) is 70.6 Å². The Morgan fingerprint density at radius 3 is 2.54 bits per heavy atom. The lowest BCUT2D eigenvalue weighted by Gasteiger charge is -2.35. The van der Waals surface area contributed by atoms with Gasteiger partial charge in [0, 0.05) is 52.9 Å². The van der Waals surface area contributed by atoms with Crippen molar-refractivity contribution in [2.75, 3.05) is 60.1 Å². The van der Waals surface area contributed by atoms with E-state index in [0.29, 0.717) is 12.0 Å². The molecular weight excluding hydrogens is 356 g/mol. The summed E-state index contributed by atoms with van der Waals surface area (Å²) >= 11 is 0. The number of aliphatic imine (C=N–C) groups is 1. The molecular formula is C21H38N4O3. The molecule has 0 aromatic heterocycles. The molecule has 28 heavy (non-hydrogen) atoms. The number of piperidine rings is 1. The predicted molar refractivity (Wildman–Crippen MR) is 110 cm³/mol. The van der Waals surface area contributed by atoms with Crippen LogP contribution >= 0.6 is 0 Å². The molecule has 2 saturated heterocycles. The van der Waals surface area contributed by atoms with Crippen molar-refractivity contribution in [2.45, 2.75) is 51.0 Å². The lowest BCUT2D eigenvalue weighted by atomic mass is 10.1. The van der Waals surface area contributed by atoms with Crippen LogP contribution in [-0.2, 0) is 14.3 Å². The van der Waals surface area contributed by atoms with Crippen LogP contribution in [-0.4, -0.2) is 87.9 Å². The van der Waals surface area contributed by atoms with Crippen molar-refractivity contribution < 1.29 is 14.3 Å². The van der Waals surface area contributed by atoms with Gasteiger partial charge in [0.15, 0.2) is 5.96 Å². The van der Waals surface area contributed by atoms with E-state index in [-0.39, 0.29) is 12.5 Å². The number of carbonyl (C=O) groups is 1. The number of nitrogens with zero attached hydrogens (tertiary/aromatic N) is 3. The zero-order valence-corrected chi connectivity index (χ0v) is 17.7. The van der Waals surface area contributed by atoms with Crippen molar-refractivity contribution >= 4 is 11.9 Å². The Kier molecular flexibility index (Phi) is 8.40. The standard InChI is InChI=1S/C21H38N4O3/c1-24(2)20(26)14-23-21(22-13-18-9-12-27-15-18)25-10-7-19(8-11-25)28-16-17-5-3-4-6-17/h17-19H,3-16H2,1-2H3,(H,22,23). The summed E-state index contributed by atoms with van der Waals surface area (Å²) in [4.78, 5) is 20.5. The SMILES string of the molecule is CN(C)C(=O)CN=C(NCC1CCOC1)N1CCC(OCC2CCCC2)CC1. The minimum atomic E-state index is 0.0262. The zero-order valence-electron chi connectivity index (χ0n) is 17.7. The highest BCUT2D eigenvalue weighted by Crippen LogP contribution is 2.26. The second-order valence-corrected chi connectivity index (χ2v) is 8.71. The molecule has 1 N–H and O–H groups in total. The summed E-state index contributed by atoms with van der Waals surface area (Å²) in [5, 5.41) is 3.50. The molecule has 0 radical (unpaired) electrons. The third kappa shape index (κ3) is 6.62. The second-order valence-electron chi connectivity index (χ2n) is 8.71. The van der Waals surface area contributed by atoms with Gasteiger partial charge in [0.25, 0.3) is 0 Å². The van der Waals surface area contributed by atoms with Gasteiger partial charge in [-0.05, 0) is 38.0 Å². The van der Waals surface area contributed by atoms with E-state index >= 15 is 0 Å². The van der Waals surface area contributed by atoms with Gasteiger partial charge < -0.3 is 24.6 Å². The number of guanidine groups is 1. The molecule has 7 heteroatoms. The lowest BCUT2D eigenvalue weighted by molar-refractivity contribution is -0.127. The highest BCUT2D eigenvalue weighted by Gasteiger charge is 2.25. The van der Waals surface area contributed by atoms with Gasteiger partial charge in [-0.25, -0.2) is 4.99 Å². The summed E-state index contributed by atoms with van der Waals surface area (Å²) in [7, 11) is 3.54. The van der Waals surface area contributed by atoms with Crippen LogP contribution < -0.4 is 5.32 Å². The maximum Gasteiger partial charge on any atom is 0.243 e. The maximum atomic E-state index is 12.0. The van der Waals surface area contributed by atoms with Crippen LogP contribution in [0.4, 0.5) is 0 Å². The van der Waals surface area contributed by atoms with E-state index in [9.17, 15) is 4.79 Å². The van der Waals surface area contributed by atoms with Crippen molar-refractivity contribution in [3.05, 3.63) is 0 Å². The minimum Gasteiger partial charge on any atom is -0.381 e. The number of ether oxygens (including phenoxy) is 2. The van der Waals surface area contributed by atoms with Crippen LogP contribution in [0.1, 0.15) is 44.9 Å². The van der Waals surface area contributed by atoms with E-state index in [1.807, 2.05) is 0 Å². The number of likely N-dealkylation sites (N-methyl/N-ethyl adjacent to an activating group) is 1. The Hall–Kier alpha value is -1.34. The van der Waals surface area contributed by atoms with Crippen LogP contribution in [0.2, 0.25) is 0 Å². The molecule has 1 amide bonds. The van der Waals surface area contributed by atoms with Gasteiger partial charge in [0.1, 0.15) is 6.54 Å². The molecule has 1 aliphatic carbocycles. The van der Waals surface area contributed by atoms with Gasteiger partial charge in [0.05, 0.1) is 12.7 Å². The third-order valence-electron chi connectivity index (χ3n) is 6.22. The van der Waals surface area contributed by atoms with Crippen LogP contribution in [0.3, 0.4) is 0 Å². The van der Waals surface area contributed by atoms with Gasteiger partial charge in [-0.15, -0.1) is 0 Å². The summed E-state index contributed by atoms with van der Waals surface area (Å²) in [5.74, 6) is 2.19. The molecule has 7 nitrogen and oxygen atoms in total. The summed E-state index contributed by atoms with van der Waals surface area (Å²) < 4.78 is 11.7. The normalized spacial score (nSPS) is 24.7. The van der Waals surface area contributed by atoms with Gasteiger partial charge >= 0.3 is 0 Å². The van der Waals surface area contributed by atoms with Crippen LogP contribution in [0.15, 0.2) is 4.99 Å². The molecule has 0 aromatic rings. The molecule has 1 unspecified atom stereocenters. The predicted octanol–water partition coefficient (Wildman–Crippen LogP) is 1.73. The fourth-order valence-electron chi connectivity index (χ4n) is 4.22. The smallest absolute Gasteiger partial charge is 0.243 e. The molecule has 0 aromatic carbocycles. The molecule has 160 valence electrons. The average molecular weight is 395 g/mol. The van der Waals surface area contributed by atoms with Gasteiger partial charge in [-0.1, -0.05) is 12.8 Å². The first-order chi connectivity index (χ1) is 13.6. The van der Waals surface area contributed by atoms with Gasteiger partial charge in [-0.2, -0.15) is 0 Å². The topological polar surface area (TPSA) is 66.4 Å². The average Bonchev–Trinajstić information content (AvgIpc) is 3.40. The van der Waals surface area contributed by atoms with Crippen LogP contribution in [0.5, 0.6) is 0 Å². The fraction of sp³-hybridized carbons (Fsp3) is 0.905. The first-order valence-electron chi connectivity index (χ1n) is 11.0. The fourth-order valence-corrected chi connectivity index (χ4v) is 4.22. The monoisotopic (exact) mass is 394 g/mol. The first kappa shape index (κ1) is 21.4. The van der Waals surface area contributed by atoms with Crippen molar-refractivity contribution in [1.82, 2.24) is 15.1 Å². The Bertz CT molecular complexity index is 506. The number of rotatable bonds is 7. The van der Waals surface area contributed by atoms with Gasteiger partial charge in [-0.3, -0.25) is 4.79 Å². The molecule has 1 atom stereocenters. The Balaban J connectivity index is 1.47. The van der Waals surface area contributed by atoms with Crippen molar-refractivity contribution in [3.8, 4) is 0 Å². The Labute approximate surface area is 169 Å². The quantitative estimate of drug-likeness (QED) is 0.526. The summed E-state index contributed by atoms with van der Waals surface area (Å²) in [6.45, 7) is 5.50. The Morgan fingerprint density at radius 1 is 1.14 bits per heavy atom. The molecule has 3 rings (SSSR count). The number of hydrogen-bond acceptors (Lipinski definition) is 4. The number of amides is 1. The molecule has 1 saturated carbocycles. The Morgan fingerprint density at radius 2 is 1.89 bits per heavy atom.